The van der Waals surface area contributed by atoms with E-state index < -0.39 is 11.7 Å². The monoisotopic (exact) mass is 271 g/mol. The van der Waals surface area contributed by atoms with Crippen LogP contribution in [-0.2, 0) is 4.74 Å². The zero-order valence-corrected chi connectivity index (χ0v) is 12.1. The first kappa shape index (κ1) is 15.2. The van der Waals surface area contributed by atoms with Crippen LogP contribution in [-0.4, -0.2) is 47.7 Å². The molecule has 0 aromatic carbocycles. The first-order chi connectivity index (χ1) is 9.07. The SMILES string of the molecule is CC1CCCC(OCC(O)CNCC2(O)CCC2)C1. The molecule has 112 valence electrons. The number of aliphatic hydroxyl groups excluding tert-OH is 1. The maximum Gasteiger partial charge on any atom is 0.0897 e. The Hall–Kier alpha value is -0.160. The summed E-state index contributed by atoms with van der Waals surface area (Å²) >= 11 is 0. The largest absolute Gasteiger partial charge is 0.389 e. The lowest BCUT2D eigenvalue weighted by molar-refractivity contribution is -0.0439. The van der Waals surface area contributed by atoms with Gasteiger partial charge in [-0.3, -0.25) is 0 Å². The van der Waals surface area contributed by atoms with E-state index in [1.165, 1.54) is 12.8 Å². The maximum atomic E-state index is 9.91. The number of rotatable bonds is 7. The Morgan fingerprint density at radius 2 is 2.11 bits per heavy atom. The van der Waals surface area contributed by atoms with Crippen molar-refractivity contribution in [3.8, 4) is 0 Å². The van der Waals surface area contributed by atoms with Crippen molar-refractivity contribution in [2.75, 3.05) is 19.7 Å². The minimum Gasteiger partial charge on any atom is -0.389 e. The zero-order valence-electron chi connectivity index (χ0n) is 12.1. The van der Waals surface area contributed by atoms with Crippen molar-refractivity contribution in [2.45, 2.75) is 69.7 Å². The van der Waals surface area contributed by atoms with Crippen molar-refractivity contribution in [2.24, 2.45) is 5.92 Å². The second-order valence-electron chi connectivity index (χ2n) is 6.59. The van der Waals surface area contributed by atoms with Crippen LogP contribution in [0.5, 0.6) is 0 Å². The molecule has 0 aromatic heterocycles. The molecule has 0 amide bonds. The zero-order chi connectivity index (χ0) is 13.7. The standard InChI is InChI=1S/C15H29NO3/c1-12-4-2-5-14(8-12)19-10-13(17)9-16-11-15(18)6-3-7-15/h12-14,16-18H,2-11H2,1H3. The van der Waals surface area contributed by atoms with Gasteiger partial charge in [-0.2, -0.15) is 0 Å². The highest BCUT2D eigenvalue weighted by Gasteiger charge is 2.33. The van der Waals surface area contributed by atoms with Gasteiger partial charge in [-0.1, -0.05) is 19.8 Å². The van der Waals surface area contributed by atoms with Crippen LogP contribution in [0.4, 0.5) is 0 Å². The van der Waals surface area contributed by atoms with Gasteiger partial charge < -0.3 is 20.3 Å². The van der Waals surface area contributed by atoms with Crippen LogP contribution in [0.1, 0.15) is 51.9 Å². The Bertz CT molecular complexity index is 268. The van der Waals surface area contributed by atoms with Crippen LogP contribution in [0, 0.1) is 5.92 Å². The fourth-order valence-corrected chi connectivity index (χ4v) is 3.07. The van der Waals surface area contributed by atoms with Crippen molar-refractivity contribution < 1.29 is 14.9 Å². The Balaban J connectivity index is 1.52. The molecule has 0 bridgehead atoms. The van der Waals surface area contributed by atoms with Crippen LogP contribution in [0.15, 0.2) is 0 Å². The van der Waals surface area contributed by atoms with Gasteiger partial charge in [0, 0.05) is 13.1 Å². The third kappa shape index (κ3) is 5.03. The molecule has 3 unspecified atom stereocenters. The molecular weight excluding hydrogens is 242 g/mol. The van der Waals surface area contributed by atoms with Crippen LogP contribution in [0.2, 0.25) is 0 Å². The summed E-state index contributed by atoms with van der Waals surface area (Å²) in [4.78, 5) is 0. The highest BCUT2D eigenvalue weighted by molar-refractivity contribution is 4.89. The highest BCUT2D eigenvalue weighted by atomic mass is 16.5. The summed E-state index contributed by atoms with van der Waals surface area (Å²) in [7, 11) is 0. The first-order valence-electron chi connectivity index (χ1n) is 7.80. The summed E-state index contributed by atoms with van der Waals surface area (Å²) in [6.45, 7) is 3.77. The van der Waals surface area contributed by atoms with E-state index in [0.29, 0.717) is 25.8 Å². The van der Waals surface area contributed by atoms with Crippen LogP contribution in [0.3, 0.4) is 0 Å². The van der Waals surface area contributed by atoms with Gasteiger partial charge in [0.25, 0.3) is 0 Å². The topological polar surface area (TPSA) is 61.7 Å². The van der Waals surface area contributed by atoms with Gasteiger partial charge in [0.1, 0.15) is 0 Å². The van der Waals surface area contributed by atoms with Crippen molar-refractivity contribution in [3.05, 3.63) is 0 Å². The van der Waals surface area contributed by atoms with Crippen LogP contribution >= 0.6 is 0 Å². The Kier molecular flexibility index (Phi) is 5.63. The second kappa shape index (κ2) is 7.02. The summed E-state index contributed by atoms with van der Waals surface area (Å²) in [5.74, 6) is 0.752. The summed E-state index contributed by atoms with van der Waals surface area (Å²) in [5, 5.41) is 22.9. The third-order valence-electron chi connectivity index (χ3n) is 4.53. The summed E-state index contributed by atoms with van der Waals surface area (Å²) in [6, 6.07) is 0. The number of hydrogen-bond acceptors (Lipinski definition) is 4. The molecule has 2 saturated carbocycles. The fourth-order valence-electron chi connectivity index (χ4n) is 3.07. The molecule has 3 N–H and O–H groups in total. The molecule has 4 heteroatoms. The average Bonchev–Trinajstić information content (AvgIpc) is 2.34. The fraction of sp³-hybridized carbons (Fsp3) is 1.00. The van der Waals surface area contributed by atoms with Crippen LogP contribution in [0.25, 0.3) is 0 Å². The molecule has 4 nitrogen and oxygen atoms in total. The summed E-state index contributed by atoms with van der Waals surface area (Å²) in [6.07, 6.45) is 7.54. The van der Waals surface area contributed by atoms with Gasteiger partial charge in [0.15, 0.2) is 0 Å². The summed E-state index contributed by atoms with van der Waals surface area (Å²) < 4.78 is 5.79. The molecular formula is C15H29NO3. The third-order valence-corrected chi connectivity index (χ3v) is 4.53. The molecule has 3 atom stereocenters. The van der Waals surface area contributed by atoms with Crippen LogP contribution < -0.4 is 5.32 Å². The number of ether oxygens (including phenoxy) is 1. The Labute approximate surface area is 116 Å². The Morgan fingerprint density at radius 1 is 1.32 bits per heavy atom. The molecule has 2 fully saturated rings. The number of hydrogen-bond donors (Lipinski definition) is 3. The number of nitrogens with one attached hydrogen (secondary N) is 1. The smallest absolute Gasteiger partial charge is 0.0897 e. The van der Waals surface area contributed by atoms with Gasteiger partial charge in [-0.15, -0.1) is 0 Å². The van der Waals surface area contributed by atoms with E-state index in [0.717, 1.165) is 38.0 Å². The molecule has 19 heavy (non-hydrogen) atoms. The van der Waals surface area contributed by atoms with Crippen molar-refractivity contribution in [1.29, 1.82) is 0 Å². The Morgan fingerprint density at radius 3 is 2.74 bits per heavy atom. The van der Waals surface area contributed by atoms with Gasteiger partial charge in [0.05, 0.1) is 24.4 Å². The lowest BCUT2D eigenvalue weighted by atomic mass is 9.80. The van der Waals surface area contributed by atoms with Crippen molar-refractivity contribution in [3.63, 3.8) is 0 Å². The van der Waals surface area contributed by atoms with Gasteiger partial charge >= 0.3 is 0 Å². The molecule has 2 rings (SSSR count). The molecule has 2 aliphatic carbocycles. The van der Waals surface area contributed by atoms with Gasteiger partial charge in [-0.25, -0.2) is 0 Å². The lowest BCUT2D eigenvalue weighted by Crippen LogP contribution is -2.48. The van der Waals surface area contributed by atoms with E-state index >= 15 is 0 Å². The maximum absolute atomic E-state index is 9.91. The molecule has 0 aromatic rings. The predicted molar refractivity (Wildman–Crippen MR) is 75.0 cm³/mol. The normalized spacial score (nSPS) is 31.7. The first-order valence-corrected chi connectivity index (χ1v) is 7.80. The van der Waals surface area contributed by atoms with Gasteiger partial charge in [-0.05, 0) is 38.0 Å². The van der Waals surface area contributed by atoms with Gasteiger partial charge in [0.2, 0.25) is 0 Å². The van der Waals surface area contributed by atoms with E-state index in [9.17, 15) is 10.2 Å². The molecule has 0 spiro atoms. The molecule has 0 radical (unpaired) electrons. The molecule has 0 saturated heterocycles. The van der Waals surface area contributed by atoms with E-state index in [1.54, 1.807) is 0 Å². The van der Waals surface area contributed by atoms with E-state index in [4.69, 9.17) is 4.74 Å². The number of aliphatic hydroxyl groups is 2. The average molecular weight is 271 g/mol. The molecule has 0 heterocycles. The van der Waals surface area contributed by atoms with E-state index in [2.05, 4.69) is 12.2 Å². The minimum absolute atomic E-state index is 0.328. The van der Waals surface area contributed by atoms with E-state index in [1.807, 2.05) is 0 Å². The highest BCUT2D eigenvalue weighted by Crippen LogP contribution is 2.30. The predicted octanol–water partition coefficient (Wildman–Crippen LogP) is 1.45. The second-order valence-corrected chi connectivity index (χ2v) is 6.59. The van der Waals surface area contributed by atoms with E-state index in [-0.39, 0.29) is 0 Å². The van der Waals surface area contributed by atoms with Crippen molar-refractivity contribution >= 4 is 0 Å². The molecule has 2 aliphatic rings. The van der Waals surface area contributed by atoms with Crippen molar-refractivity contribution in [1.82, 2.24) is 5.32 Å². The quantitative estimate of drug-likeness (QED) is 0.656. The minimum atomic E-state index is -0.515. The lowest BCUT2D eigenvalue weighted by Gasteiger charge is -2.37. The summed E-state index contributed by atoms with van der Waals surface area (Å²) in [5.41, 5.74) is -0.515. The molecule has 0 aliphatic heterocycles.